The third kappa shape index (κ3) is 4.80. The van der Waals surface area contributed by atoms with E-state index in [4.69, 9.17) is 4.74 Å². The van der Waals surface area contributed by atoms with Gasteiger partial charge in [0.25, 0.3) is 0 Å². The molecular formula is C19H27N3O3. The summed E-state index contributed by atoms with van der Waals surface area (Å²) in [6.07, 6.45) is 2.24. The van der Waals surface area contributed by atoms with Gasteiger partial charge in [-0.1, -0.05) is 6.07 Å². The van der Waals surface area contributed by atoms with Crippen molar-refractivity contribution in [1.82, 2.24) is 10.2 Å². The first-order chi connectivity index (χ1) is 12.0. The van der Waals surface area contributed by atoms with Crippen molar-refractivity contribution in [2.24, 2.45) is 0 Å². The molecular weight excluding hydrogens is 318 g/mol. The van der Waals surface area contributed by atoms with Crippen LogP contribution in [0.5, 0.6) is 0 Å². The van der Waals surface area contributed by atoms with Gasteiger partial charge in [-0.2, -0.15) is 0 Å². The van der Waals surface area contributed by atoms with Crippen molar-refractivity contribution in [2.45, 2.75) is 45.2 Å². The highest BCUT2D eigenvalue weighted by Gasteiger charge is 2.35. The molecule has 0 radical (unpaired) electrons. The third-order valence-corrected chi connectivity index (χ3v) is 4.83. The first kappa shape index (κ1) is 17.9. The Morgan fingerprint density at radius 3 is 2.44 bits per heavy atom. The van der Waals surface area contributed by atoms with Gasteiger partial charge in [0.15, 0.2) is 0 Å². The number of carbonyl (C=O) groups excluding carboxylic acids is 2. The Balaban J connectivity index is 1.50. The molecule has 0 spiro atoms. The number of benzene rings is 1. The topological polar surface area (TPSA) is 70.7 Å². The average molecular weight is 345 g/mol. The molecule has 0 saturated carbocycles. The van der Waals surface area contributed by atoms with Crippen LogP contribution in [0.3, 0.4) is 0 Å². The zero-order valence-electron chi connectivity index (χ0n) is 15.0. The van der Waals surface area contributed by atoms with Gasteiger partial charge in [0, 0.05) is 5.69 Å². The minimum atomic E-state index is -0.292. The fourth-order valence-electron chi connectivity index (χ4n) is 3.77. The molecule has 0 unspecified atom stereocenters. The Labute approximate surface area is 148 Å². The second-order valence-electron chi connectivity index (χ2n) is 7.12. The monoisotopic (exact) mass is 345 g/mol. The summed E-state index contributed by atoms with van der Waals surface area (Å²) < 4.78 is 5.55. The van der Waals surface area contributed by atoms with Crippen LogP contribution in [-0.2, 0) is 14.3 Å². The lowest BCUT2D eigenvalue weighted by Gasteiger charge is -2.27. The number of carbonyl (C=O) groups is 2. The van der Waals surface area contributed by atoms with E-state index in [2.05, 4.69) is 15.5 Å². The number of rotatable bonds is 5. The fraction of sp³-hybridized carbons (Fsp3) is 0.579. The van der Waals surface area contributed by atoms with Gasteiger partial charge < -0.3 is 15.4 Å². The summed E-state index contributed by atoms with van der Waals surface area (Å²) in [5.74, 6) is -0.541. The fourth-order valence-corrected chi connectivity index (χ4v) is 3.77. The lowest BCUT2D eigenvalue weighted by Crippen LogP contribution is -2.50. The number of amides is 2. The molecule has 2 aliphatic rings. The van der Waals surface area contributed by atoms with Crippen molar-refractivity contribution in [3.8, 4) is 0 Å². The number of hydrogen-bond donors (Lipinski definition) is 2. The minimum absolute atomic E-state index is 0.0281. The van der Waals surface area contributed by atoms with Crippen molar-refractivity contribution >= 4 is 17.5 Å². The van der Waals surface area contributed by atoms with Gasteiger partial charge in [0.2, 0.25) is 11.8 Å². The van der Waals surface area contributed by atoms with Crippen LogP contribution in [0.15, 0.2) is 18.2 Å². The molecule has 2 aliphatic heterocycles. The molecule has 3 rings (SSSR count). The van der Waals surface area contributed by atoms with E-state index in [0.29, 0.717) is 13.2 Å². The van der Waals surface area contributed by atoms with E-state index in [1.54, 1.807) is 0 Å². The Bertz CT molecular complexity index is 621. The highest BCUT2D eigenvalue weighted by molar-refractivity contribution is 6.03. The predicted molar refractivity (Wildman–Crippen MR) is 96.5 cm³/mol. The number of nitrogens with zero attached hydrogens (tertiary/aromatic N) is 1. The first-order valence-electron chi connectivity index (χ1n) is 9.00. The molecule has 136 valence electrons. The zero-order valence-corrected chi connectivity index (χ0v) is 15.0. The van der Waals surface area contributed by atoms with Gasteiger partial charge in [-0.25, -0.2) is 0 Å². The van der Waals surface area contributed by atoms with Crippen LogP contribution in [0, 0.1) is 13.8 Å². The molecule has 2 saturated heterocycles. The molecule has 2 amide bonds. The largest absolute Gasteiger partial charge is 0.378 e. The van der Waals surface area contributed by atoms with E-state index in [9.17, 15) is 9.59 Å². The summed E-state index contributed by atoms with van der Waals surface area (Å²) in [4.78, 5) is 26.8. The van der Waals surface area contributed by atoms with Crippen LogP contribution >= 0.6 is 0 Å². The number of nitrogens with one attached hydrogen (secondary N) is 2. The molecule has 1 aromatic carbocycles. The molecule has 6 nitrogen and oxygen atoms in total. The molecule has 2 N–H and O–H groups in total. The molecule has 6 heteroatoms. The third-order valence-electron chi connectivity index (χ3n) is 4.83. The lowest BCUT2D eigenvalue weighted by atomic mass is 10.1. The van der Waals surface area contributed by atoms with E-state index < -0.39 is 0 Å². The molecule has 0 bridgehead atoms. The van der Waals surface area contributed by atoms with Gasteiger partial charge in [0.05, 0.1) is 25.3 Å². The van der Waals surface area contributed by atoms with Crippen LogP contribution in [0.1, 0.15) is 30.4 Å². The van der Waals surface area contributed by atoms with Gasteiger partial charge >= 0.3 is 0 Å². The Morgan fingerprint density at radius 2 is 1.76 bits per heavy atom. The Morgan fingerprint density at radius 1 is 1.08 bits per heavy atom. The van der Waals surface area contributed by atoms with E-state index in [-0.39, 0.29) is 30.3 Å². The van der Waals surface area contributed by atoms with E-state index >= 15 is 0 Å². The summed E-state index contributed by atoms with van der Waals surface area (Å²) in [5.41, 5.74) is 2.89. The van der Waals surface area contributed by atoms with E-state index in [1.807, 2.05) is 32.0 Å². The Kier molecular flexibility index (Phi) is 5.71. The summed E-state index contributed by atoms with van der Waals surface area (Å²) in [6.45, 7) is 7.26. The van der Waals surface area contributed by atoms with Crippen molar-refractivity contribution in [3.05, 3.63) is 29.3 Å². The number of anilines is 1. The normalized spacial score (nSPS) is 23.6. The quantitative estimate of drug-likeness (QED) is 0.796. The van der Waals surface area contributed by atoms with Crippen molar-refractivity contribution in [1.29, 1.82) is 0 Å². The van der Waals surface area contributed by atoms with Crippen LogP contribution < -0.4 is 10.6 Å². The smallest absolute Gasteiger partial charge is 0.233 e. The zero-order chi connectivity index (χ0) is 17.8. The maximum atomic E-state index is 12.2. The van der Waals surface area contributed by atoms with Crippen LogP contribution in [0.4, 0.5) is 5.69 Å². The minimum Gasteiger partial charge on any atom is -0.378 e. The Hall–Kier alpha value is -1.92. The van der Waals surface area contributed by atoms with Gasteiger partial charge in [-0.3, -0.25) is 14.5 Å². The number of aryl methyl sites for hydroxylation is 2. The molecule has 1 aromatic rings. The van der Waals surface area contributed by atoms with Gasteiger partial charge in [-0.05, 0) is 63.0 Å². The van der Waals surface area contributed by atoms with Crippen molar-refractivity contribution in [3.63, 3.8) is 0 Å². The molecule has 2 heterocycles. The summed E-state index contributed by atoms with van der Waals surface area (Å²) >= 11 is 0. The molecule has 0 aromatic heterocycles. The van der Waals surface area contributed by atoms with Crippen molar-refractivity contribution in [2.75, 3.05) is 31.6 Å². The lowest BCUT2D eigenvalue weighted by molar-refractivity contribution is -0.127. The number of hydrogen-bond acceptors (Lipinski definition) is 4. The maximum absolute atomic E-state index is 12.2. The summed E-state index contributed by atoms with van der Waals surface area (Å²) in [7, 11) is 0. The standard InChI is InChI=1S/C19H27N3O3/c1-13-7-14(2)9-15(8-13)20-18(23)10-19(24)21-16-11-25-12-17(16)22-5-3-4-6-22/h7-9,16-17H,3-6,10-12H2,1-2H3,(H,20,23)(H,21,24)/t16-,17-/m0/s1. The van der Waals surface area contributed by atoms with Gasteiger partial charge in [0.1, 0.15) is 6.42 Å². The number of ether oxygens (including phenoxy) is 1. The molecule has 2 fully saturated rings. The predicted octanol–water partition coefficient (Wildman–Crippen LogP) is 1.61. The molecule has 25 heavy (non-hydrogen) atoms. The van der Waals surface area contributed by atoms with Crippen LogP contribution in [0.2, 0.25) is 0 Å². The van der Waals surface area contributed by atoms with E-state index in [0.717, 1.165) is 29.9 Å². The SMILES string of the molecule is Cc1cc(C)cc(NC(=O)CC(=O)N[C@H]2COC[C@@H]2N2CCCC2)c1. The maximum Gasteiger partial charge on any atom is 0.233 e. The van der Waals surface area contributed by atoms with E-state index in [1.165, 1.54) is 12.8 Å². The highest BCUT2D eigenvalue weighted by atomic mass is 16.5. The molecule has 2 atom stereocenters. The van der Waals surface area contributed by atoms with Crippen molar-refractivity contribution < 1.29 is 14.3 Å². The second kappa shape index (κ2) is 7.97. The summed E-state index contributed by atoms with van der Waals surface area (Å²) in [5, 5.41) is 5.78. The highest BCUT2D eigenvalue weighted by Crippen LogP contribution is 2.19. The van der Waals surface area contributed by atoms with Gasteiger partial charge in [-0.15, -0.1) is 0 Å². The summed E-state index contributed by atoms with van der Waals surface area (Å²) in [6, 6.07) is 6.04. The first-order valence-corrected chi connectivity index (χ1v) is 9.00. The van der Waals surface area contributed by atoms with Crippen LogP contribution in [0.25, 0.3) is 0 Å². The number of likely N-dealkylation sites (tertiary alicyclic amines) is 1. The second-order valence-corrected chi connectivity index (χ2v) is 7.12. The average Bonchev–Trinajstić information content (AvgIpc) is 3.16. The van der Waals surface area contributed by atoms with Crippen LogP contribution in [-0.4, -0.2) is 55.1 Å². The molecule has 0 aliphatic carbocycles.